The predicted octanol–water partition coefficient (Wildman–Crippen LogP) is 4.64. The summed E-state index contributed by atoms with van der Waals surface area (Å²) in [7, 11) is 3.09. The SMILES string of the molecule is CN(C)C(=O)c1c(NC(=O)c2c(F)cccc2C(F)(F)F)sc2c1CC1CCC2O1. The Morgan fingerprint density at radius 1 is 1.20 bits per heavy atom. The number of nitrogens with one attached hydrogen (secondary N) is 1. The van der Waals surface area contributed by atoms with E-state index in [1.165, 1.54) is 4.90 Å². The fraction of sp³-hybridized carbons (Fsp3) is 0.400. The number of fused-ring (bicyclic) bond motifs is 4. The van der Waals surface area contributed by atoms with Gasteiger partial charge in [-0.1, -0.05) is 6.07 Å². The smallest absolute Gasteiger partial charge is 0.369 e. The Balaban J connectivity index is 1.77. The number of hydrogen-bond acceptors (Lipinski definition) is 4. The minimum Gasteiger partial charge on any atom is -0.369 e. The summed E-state index contributed by atoms with van der Waals surface area (Å²) in [5, 5.41) is 2.48. The molecule has 5 nitrogen and oxygen atoms in total. The van der Waals surface area contributed by atoms with E-state index < -0.39 is 29.0 Å². The van der Waals surface area contributed by atoms with Gasteiger partial charge in [0.25, 0.3) is 11.8 Å². The molecule has 4 rings (SSSR count). The van der Waals surface area contributed by atoms with Gasteiger partial charge in [0.15, 0.2) is 0 Å². The molecule has 1 N–H and O–H groups in total. The average Bonchev–Trinajstić information content (AvgIpc) is 3.22. The predicted molar refractivity (Wildman–Crippen MR) is 102 cm³/mol. The summed E-state index contributed by atoms with van der Waals surface area (Å²) in [5.74, 6) is -2.92. The maximum Gasteiger partial charge on any atom is 0.417 e. The number of carbonyl (C=O) groups excluding carboxylic acids is 2. The third-order valence-corrected chi connectivity index (χ3v) is 6.50. The molecule has 160 valence electrons. The van der Waals surface area contributed by atoms with Crippen LogP contribution in [0.15, 0.2) is 18.2 Å². The number of nitrogens with zero attached hydrogens (tertiary/aromatic N) is 1. The second-order valence-electron chi connectivity index (χ2n) is 7.49. The lowest BCUT2D eigenvalue weighted by molar-refractivity contribution is -0.138. The molecule has 2 bridgehead atoms. The number of thiophene rings is 1. The summed E-state index contributed by atoms with van der Waals surface area (Å²) in [4.78, 5) is 27.7. The summed E-state index contributed by atoms with van der Waals surface area (Å²) in [5.41, 5.74) is -1.49. The van der Waals surface area contributed by atoms with Gasteiger partial charge in [0, 0.05) is 25.4 Å². The molecule has 0 aliphatic carbocycles. The molecule has 0 saturated carbocycles. The Bertz CT molecular complexity index is 1030. The molecule has 2 unspecified atom stereocenters. The van der Waals surface area contributed by atoms with Crippen molar-refractivity contribution in [2.75, 3.05) is 19.4 Å². The molecule has 2 atom stereocenters. The van der Waals surface area contributed by atoms with Gasteiger partial charge in [0.1, 0.15) is 10.8 Å². The Hall–Kier alpha value is -2.46. The van der Waals surface area contributed by atoms with Crippen LogP contribution < -0.4 is 5.32 Å². The number of hydrogen-bond donors (Lipinski definition) is 1. The van der Waals surface area contributed by atoms with Crippen molar-refractivity contribution in [1.29, 1.82) is 0 Å². The molecule has 2 amide bonds. The molecule has 1 aromatic carbocycles. The second-order valence-corrected chi connectivity index (χ2v) is 8.54. The van der Waals surface area contributed by atoms with Crippen LogP contribution in [0.4, 0.5) is 22.6 Å². The molecule has 2 aliphatic rings. The lowest BCUT2D eigenvalue weighted by Crippen LogP contribution is -2.27. The van der Waals surface area contributed by atoms with Crippen molar-refractivity contribution >= 4 is 28.2 Å². The minimum absolute atomic E-state index is 0.0298. The highest BCUT2D eigenvalue weighted by Crippen LogP contribution is 2.49. The van der Waals surface area contributed by atoms with Gasteiger partial charge in [-0.3, -0.25) is 9.59 Å². The first-order valence-electron chi connectivity index (χ1n) is 9.27. The molecular weight excluding hydrogens is 424 g/mol. The van der Waals surface area contributed by atoms with E-state index >= 15 is 0 Å². The maximum atomic E-state index is 14.2. The normalized spacial score (nSPS) is 20.1. The number of amides is 2. The highest BCUT2D eigenvalue weighted by Gasteiger charge is 2.41. The summed E-state index contributed by atoms with van der Waals surface area (Å²) in [6.45, 7) is 0. The molecule has 0 radical (unpaired) electrons. The molecule has 0 spiro atoms. The minimum atomic E-state index is -4.90. The van der Waals surface area contributed by atoms with Gasteiger partial charge in [-0.2, -0.15) is 13.2 Å². The summed E-state index contributed by atoms with van der Waals surface area (Å²) in [6.07, 6.45) is -3.03. The Morgan fingerprint density at radius 3 is 2.60 bits per heavy atom. The van der Waals surface area contributed by atoms with Crippen LogP contribution in [0.2, 0.25) is 0 Å². The van der Waals surface area contributed by atoms with Gasteiger partial charge >= 0.3 is 6.18 Å². The van der Waals surface area contributed by atoms with Crippen molar-refractivity contribution in [3.05, 3.63) is 51.1 Å². The lowest BCUT2D eigenvalue weighted by atomic mass is 10.0. The van der Waals surface area contributed by atoms with Crippen molar-refractivity contribution in [1.82, 2.24) is 4.90 Å². The van der Waals surface area contributed by atoms with Gasteiger partial charge < -0.3 is 15.0 Å². The van der Waals surface area contributed by atoms with E-state index in [4.69, 9.17) is 4.74 Å². The van der Waals surface area contributed by atoms with E-state index in [0.717, 1.165) is 46.8 Å². The summed E-state index contributed by atoms with van der Waals surface area (Å²) < 4.78 is 60.0. The van der Waals surface area contributed by atoms with Crippen LogP contribution in [0.5, 0.6) is 0 Å². The molecular formula is C20H18F4N2O3S. The lowest BCUT2D eigenvalue weighted by Gasteiger charge is -2.22. The monoisotopic (exact) mass is 442 g/mol. The molecule has 1 aromatic heterocycles. The quantitative estimate of drug-likeness (QED) is 0.705. The van der Waals surface area contributed by atoms with E-state index in [9.17, 15) is 27.2 Å². The highest BCUT2D eigenvalue weighted by molar-refractivity contribution is 7.17. The van der Waals surface area contributed by atoms with Crippen LogP contribution >= 0.6 is 11.3 Å². The zero-order chi connectivity index (χ0) is 21.8. The number of anilines is 1. The van der Waals surface area contributed by atoms with Gasteiger partial charge in [-0.25, -0.2) is 4.39 Å². The number of carbonyl (C=O) groups is 2. The van der Waals surface area contributed by atoms with Crippen LogP contribution in [0, 0.1) is 5.82 Å². The van der Waals surface area contributed by atoms with Gasteiger partial charge in [-0.05, 0) is 30.5 Å². The molecule has 30 heavy (non-hydrogen) atoms. The Labute approximate surface area is 173 Å². The number of ether oxygens (including phenoxy) is 1. The highest BCUT2D eigenvalue weighted by atomic mass is 32.1. The average molecular weight is 442 g/mol. The largest absolute Gasteiger partial charge is 0.417 e. The molecule has 1 fully saturated rings. The molecule has 3 heterocycles. The van der Waals surface area contributed by atoms with Crippen LogP contribution in [-0.2, 0) is 17.3 Å². The molecule has 1 saturated heterocycles. The number of halogens is 4. The summed E-state index contributed by atoms with van der Waals surface area (Å²) in [6, 6.07) is 2.34. The van der Waals surface area contributed by atoms with Crippen LogP contribution in [0.3, 0.4) is 0 Å². The topological polar surface area (TPSA) is 58.6 Å². The van der Waals surface area contributed by atoms with Crippen molar-refractivity contribution in [2.45, 2.75) is 37.6 Å². The standard InChI is InChI=1S/C20H18F4N2O3S/c1-26(2)19(28)14-10-8-9-6-7-13(29-9)16(10)30-18(14)25-17(27)15-11(20(22,23)24)4-3-5-12(15)21/h3-5,9,13H,6-8H2,1-2H3,(H,25,27). The fourth-order valence-corrected chi connectivity index (χ4v) is 5.21. The van der Waals surface area contributed by atoms with Crippen LogP contribution in [-0.4, -0.2) is 36.9 Å². The number of alkyl halides is 3. The van der Waals surface area contributed by atoms with Gasteiger partial charge in [0.05, 0.1) is 28.9 Å². The third-order valence-electron chi connectivity index (χ3n) is 5.26. The van der Waals surface area contributed by atoms with Crippen molar-refractivity contribution in [3.8, 4) is 0 Å². The van der Waals surface area contributed by atoms with Crippen molar-refractivity contribution < 1.29 is 31.9 Å². The van der Waals surface area contributed by atoms with E-state index in [1.807, 2.05) is 0 Å². The van der Waals surface area contributed by atoms with Gasteiger partial charge in [0.2, 0.25) is 0 Å². The van der Waals surface area contributed by atoms with Crippen molar-refractivity contribution in [3.63, 3.8) is 0 Å². The Kier molecular flexibility index (Phi) is 5.09. The number of benzene rings is 1. The maximum absolute atomic E-state index is 14.2. The molecule has 2 aromatic rings. The fourth-order valence-electron chi connectivity index (χ4n) is 3.92. The first-order valence-corrected chi connectivity index (χ1v) is 10.1. The first-order chi connectivity index (χ1) is 14.1. The van der Waals surface area contributed by atoms with Gasteiger partial charge in [-0.15, -0.1) is 11.3 Å². The van der Waals surface area contributed by atoms with E-state index in [1.54, 1.807) is 14.1 Å². The first kappa shape index (κ1) is 20.8. The van der Waals surface area contributed by atoms with Crippen LogP contribution in [0.1, 0.15) is 55.7 Å². The van der Waals surface area contributed by atoms with Crippen LogP contribution in [0.25, 0.3) is 0 Å². The molecule has 10 heteroatoms. The van der Waals surface area contributed by atoms with Crippen molar-refractivity contribution in [2.24, 2.45) is 0 Å². The van der Waals surface area contributed by atoms with E-state index in [-0.39, 0.29) is 28.7 Å². The van der Waals surface area contributed by atoms with E-state index in [2.05, 4.69) is 5.32 Å². The Morgan fingerprint density at radius 2 is 1.93 bits per heavy atom. The molecule has 2 aliphatic heterocycles. The number of rotatable bonds is 3. The third kappa shape index (κ3) is 3.47. The second kappa shape index (κ2) is 7.35. The van der Waals surface area contributed by atoms with E-state index in [0.29, 0.717) is 12.5 Å². The summed E-state index contributed by atoms with van der Waals surface area (Å²) >= 11 is 1.10. The zero-order valence-corrected chi connectivity index (χ0v) is 16.9. The zero-order valence-electron chi connectivity index (χ0n) is 16.1.